The van der Waals surface area contributed by atoms with Crippen molar-refractivity contribution in [3.05, 3.63) is 36.5 Å². The van der Waals surface area contributed by atoms with Gasteiger partial charge in [0.15, 0.2) is 6.29 Å². The molecule has 3 saturated carbocycles. The van der Waals surface area contributed by atoms with E-state index in [0.29, 0.717) is 23.7 Å². The van der Waals surface area contributed by atoms with Gasteiger partial charge in [0.1, 0.15) is 0 Å². The molecule has 34 heavy (non-hydrogen) atoms. The molecule has 1 heterocycles. The highest BCUT2D eigenvalue weighted by molar-refractivity contribution is 5.22. The summed E-state index contributed by atoms with van der Waals surface area (Å²) in [5, 5.41) is 21.4. The van der Waals surface area contributed by atoms with Gasteiger partial charge in [0.05, 0.1) is 11.7 Å². The quantitative estimate of drug-likeness (QED) is 0.319. The Balaban J connectivity index is 1.59. The molecule has 4 fully saturated rings. The number of fused-ring (bicyclic) bond motifs is 2. The van der Waals surface area contributed by atoms with Crippen molar-refractivity contribution in [3.63, 3.8) is 0 Å². The van der Waals surface area contributed by atoms with Gasteiger partial charge in [-0.1, -0.05) is 77.5 Å². The zero-order valence-corrected chi connectivity index (χ0v) is 22.6. The summed E-state index contributed by atoms with van der Waals surface area (Å²) in [4.78, 5) is 0. The van der Waals surface area contributed by atoms with Crippen LogP contribution in [0.4, 0.5) is 0 Å². The first-order valence-corrected chi connectivity index (χ1v) is 13.9. The second-order valence-corrected chi connectivity index (χ2v) is 13.4. The van der Waals surface area contributed by atoms with Crippen molar-refractivity contribution in [2.45, 2.75) is 117 Å². The first-order chi connectivity index (χ1) is 15.9. The van der Waals surface area contributed by atoms with Crippen LogP contribution in [0.3, 0.4) is 0 Å². The number of allylic oxidation sites excluding steroid dienone is 4. The Morgan fingerprint density at radius 3 is 2.50 bits per heavy atom. The van der Waals surface area contributed by atoms with Crippen LogP contribution in [0, 0.1) is 39.9 Å². The van der Waals surface area contributed by atoms with E-state index in [4.69, 9.17) is 4.74 Å². The first-order valence-electron chi connectivity index (χ1n) is 13.9. The smallest absolute Gasteiger partial charge is 0.156 e. The molecular formula is C31H50O3. The van der Waals surface area contributed by atoms with E-state index < -0.39 is 23.4 Å². The zero-order chi connectivity index (χ0) is 24.9. The van der Waals surface area contributed by atoms with Crippen molar-refractivity contribution in [1.82, 2.24) is 0 Å². The molecular weight excluding hydrogens is 420 g/mol. The maximum Gasteiger partial charge on any atom is 0.156 e. The standard InChI is InChI=1S/C31H50O3/c1-21(2)10-8-11-22(3)25-16-18-29(6)23(12-9-17-30(25,29)7)15-19-31-24(20-27(33)34-31)13-14-26(32)28(31,4)5/h8,10,15,19,22-27,32-33H,1,9,11-14,16-18,20H2,2-7H3/b10-8+,19-15-/t22-,23?,24?,25?,26?,27-,29+,30?,31?/m1/s1. The minimum absolute atomic E-state index is 0.274. The van der Waals surface area contributed by atoms with Crippen molar-refractivity contribution in [2.75, 3.05) is 0 Å². The van der Waals surface area contributed by atoms with E-state index in [-0.39, 0.29) is 11.3 Å². The number of hydrogen-bond donors (Lipinski definition) is 2. The molecule has 192 valence electrons. The average Bonchev–Trinajstić information content (AvgIpc) is 3.24. The van der Waals surface area contributed by atoms with Crippen LogP contribution in [0.5, 0.6) is 0 Å². The number of hydrogen-bond acceptors (Lipinski definition) is 3. The molecule has 9 atom stereocenters. The summed E-state index contributed by atoms with van der Waals surface area (Å²) < 4.78 is 6.32. The lowest BCUT2D eigenvalue weighted by atomic mass is 9.51. The third-order valence-corrected chi connectivity index (χ3v) is 11.4. The van der Waals surface area contributed by atoms with Crippen molar-refractivity contribution < 1.29 is 14.9 Å². The normalized spacial score (nSPS) is 47.1. The highest BCUT2D eigenvalue weighted by Gasteiger charge is 2.62. The summed E-state index contributed by atoms with van der Waals surface area (Å²) in [6.07, 6.45) is 18.1. The Bertz CT molecular complexity index is 827. The monoisotopic (exact) mass is 470 g/mol. The van der Waals surface area contributed by atoms with Gasteiger partial charge in [0.2, 0.25) is 0 Å². The summed E-state index contributed by atoms with van der Waals surface area (Å²) in [6, 6.07) is 0. The molecule has 6 unspecified atom stereocenters. The molecule has 0 bridgehead atoms. The number of ether oxygens (including phenoxy) is 1. The van der Waals surface area contributed by atoms with E-state index in [1.54, 1.807) is 0 Å². The van der Waals surface area contributed by atoms with E-state index >= 15 is 0 Å². The first kappa shape index (κ1) is 26.2. The zero-order valence-electron chi connectivity index (χ0n) is 22.6. The summed E-state index contributed by atoms with van der Waals surface area (Å²) >= 11 is 0. The second kappa shape index (κ2) is 9.20. The molecule has 0 radical (unpaired) electrons. The fourth-order valence-corrected chi connectivity index (χ4v) is 8.87. The van der Waals surface area contributed by atoms with Gasteiger partial charge in [0.25, 0.3) is 0 Å². The van der Waals surface area contributed by atoms with Gasteiger partial charge in [-0.05, 0) is 86.4 Å². The van der Waals surface area contributed by atoms with Crippen LogP contribution >= 0.6 is 0 Å². The molecule has 0 spiro atoms. The van der Waals surface area contributed by atoms with E-state index in [1.165, 1.54) is 32.1 Å². The molecule has 1 saturated heterocycles. The van der Waals surface area contributed by atoms with Gasteiger partial charge in [-0.25, -0.2) is 0 Å². The van der Waals surface area contributed by atoms with Gasteiger partial charge in [-0.2, -0.15) is 0 Å². The average molecular weight is 471 g/mol. The van der Waals surface area contributed by atoms with E-state index in [0.717, 1.165) is 30.8 Å². The maximum absolute atomic E-state index is 10.9. The third-order valence-electron chi connectivity index (χ3n) is 11.4. The molecule has 0 aromatic rings. The van der Waals surface area contributed by atoms with Crippen LogP contribution < -0.4 is 0 Å². The minimum atomic E-state index is -0.726. The topological polar surface area (TPSA) is 49.7 Å². The molecule has 2 N–H and O–H groups in total. The predicted octanol–water partition coefficient (Wildman–Crippen LogP) is 7.20. The largest absolute Gasteiger partial charge is 0.392 e. The number of aliphatic hydroxyl groups is 2. The molecule has 0 amide bonds. The predicted molar refractivity (Wildman–Crippen MR) is 140 cm³/mol. The van der Waals surface area contributed by atoms with Crippen molar-refractivity contribution >= 4 is 0 Å². The van der Waals surface area contributed by atoms with Gasteiger partial charge < -0.3 is 14.9 Å². The van der Waals surface area contributed by atoms with Crippen molar-refractivity contribution in [2.24, 2.45) is 39.9 Å². The van der Waals surface area contributed by atoms with E-state index in [9.17, 15) is 10.2 Å². The lowest BCUT2D eigenvalue weighted by molar-refractivity contribution is -0.200. The SMILES string of the molecule is C=C(C)/C=C/C[C@@H](C)C1CC[C@@]2(C)C(/C=C\C34O[C@@H](O)CC3CCC(O)C4(C)C)CCCC12C. The molecule has 3 nitrogen and oxygen atoms in total. The summed E-state index contributed by atoms with van der Waals surface area (Å²) in [7, 11) is 0. The fourth-order valence-electron chi connectivity index (χ4n) is 8.87. The Kier molecular flexibility index (Phi) is 7.08. The molecule has 3 heteroatoms. The third kappa shape index (κ3) is 3.98. The molecule has 3 aliphatic carbocycles. The molecule has 4 rings (SSSR count). The summed E-state index contributed by atoms with van der Waals surface area (Å²) in [5.74, 6) is 2.21. The highest BCUT2D eigenvalue weighted by Crippen LogP contribution is 2.67. The second-order valence-electron chi connectivity index (χ2n) is 13.4. The van der Waals surface area contributed by atoms with Gasteiger partial charge in [0, 0.05) is 11.8 Å². The lowest BCUT2D eigenvalue weighted by Crippen LogP contribution is -2.57. The Labute approximate surface area is 208 Å². The van der Waals surface area contributed by atoms with E-state index in [1.807, 2.05) is 0 Å². The molecule has 0 aromatic heterocycles. The minimum Gasteiger partial charge on any atom is -0.392 e. The Morgan fingerprint density at radius 1 is 1.06 bits per heavy atom. The molecule has 1 aliphatic heterocycles. The lowest BCUT2D eigenvalue weighted by Gasteiger charge is -2.54. The van der Waals surface area contributed by atoms with Crippen LogP contribution in [0.15, 0.2) is 36.5 Å². The number of rotatable bonds is 6. The molecule has 0 aromatic carbocycles. The van der Waals surface area contributed by atoms with Crippen LogP contribution in [-0.4, -0.2) is 28.2 Å². The van der Waals surface area contributed by atoms with Gasteiger partial charge >= 0.3 is 0 Å². The fraction of sp³-hybridized carbons (Fsp3) is 0.806. The van der Waals surface area contributed by atoms with Crippen LogP contribution in [0.25, 0.3) is 0 Å². The highest BCUT2D eigenvalue weighted by atomic mass is 16.6. The number of aliphatic hydroxyl groups excluding tert-OH is 2. The summed E-state index contributed by atoms with van der Waals surface area (Å²) in [6.45, 7) is 17.9. The van der Waals surface area contributed by atoms with Crippen LogP contribution in [0.1, 0.15) is 99.3 Å². The molecule has 4 aliphatic rings. The maximum atomic E-state index is 10.9. The summed E-state index contributed by atoms with van der Waals surface area (Å²) in [5.41, 5.74) is 0.758. The van der Waals surface area contributed by atoms with Crippen molar-refractivity contribution in [3.8, 4) is 0 Å². The Morgan fingerprint density at radius 2 is 1.79 bits per heavy atom. The Hall–Kier alpha value is -0.900. The van der Waals surface area contributed by atoms with Gasteiger partial charge in [-0.15, -0.1) is 0 Å². The van der Waals surface area contributed by atoms with Crippen LogP contribution in [0.2, 0.25) is 0 Å². The van der Waals surface area contributed by atoms with Crippen molar-refractivity contribution in [1.29, 1.82) is 0 Å². The van der Waals surface area contributed by atoms with Crippen LogP contribution in [-0.2, 0) is 4.74 Å². The van der Waals surface area contributed by atoms with Gasteiger partial charge in [-0.3, -0.25) is 0 Å². The van der Waals surface area contributed by atoms with E-state index in [2.05, 4.69) is 72.4 Å².